The Kier molecular flexibility index (Phi) is 9.29. The van der Waals surface area contributed by atoms with E-state index in [-0.39, 0.29) is 10.1 Å². The monoisotopic (exact) mass is 524 g/mol. The predicted octanol–water partition coefficient (Wildman–Crippen LogP) is 4.53. The van der Waals surface area contributed by atoms with Gasteiger partial charge in [-0.1, -0.05) is 41.5 Å². The molecule has 3 atom stereocenters. The standard InChI is InChI=1S/C18H38F2O9SSi2/c1-16(2,3)31(8,9)28-23-12-13-14(25-29-32(10,11)17(4,5)6)18(19,20)15(24-13)26-27-30(7,21)22/h13-15H,12H2,1-11H3/t13-,14-,15?/m1/s1. The summed E-state index contributed by atoms with van der Waals surface area (Å²) < 4.78 is 72.7. The molecule has 0 amide bonds. The van der Waals surface area contributed by atoms with Crippen LogP contribution in [-0.2, 0) is 43.0 Å². The highest BCUT2D eigenvalue weighted by Gasteiger charge is 2.63. The summed E-state index contributed by atoms with van der Waals surface area (Å²) in [5, 5.41) is -0.488. The van der Waals surface area contributed by atoms with Crippen LogP contribution in [0.2, 0.25) is 36.3 Å². The van der Waals surface area contributed by atoms with Gasteiger partial charge in [0.2, 0.25) is 16.6 Å². The van der Waals surface area contributed by atoms with Crippen LogP contribution in [0, 0.1) is 0 Å². The van der Waals surface area contributed by atoms with Crippen molar-refractivity contribution >= 4 is 26.8 Å². The molecule has 0 aromatic carbocycles. The predicted molar refractivity (Wildman–Crippen MR) is 118 cm³/mol. The van der Waals surface area contributed by atoms with E-state index in [4.69, 9.17) is 23.7 Å². The zero-order valence-corrected chi connectivity index (χ0v) is 23.6. The number of rotatable bonds is 10. The number of alkyl halides is 2. The minimum atomic E-state index is -4.16. The number of ether oxygens (including phenoxy) is 1. The molecule has 1 saturated heterocycles. The van der Waals surface area contributed by atoms with E-state index in [1.807, 2.05) is 67.7 Å². The van der Waals surface area contributed by atoms with Crippen molar-refractivity contribution in [1.29, 1.82) is 0 Å². The van der Waals surface area contributed by atoms with Gasteiger partial charge in [-0.2, -0.15) is 22.1 Å². The molecule has 0 spiro atoms. The van der Waals surface area contributed by atoms with Crippen LogP contribution >= 0.6 is 0 Å². The zero-order valence-electron chi connectivity index (χ0n) is 20.8. The van der Waals surface area contributed by atoms with Gasteiger partial charge in [0.05, 0.1) is 6.26 Å². The van der Waals surface area contributed by atoms with Crippen LogP contribution in [0.4, 0.5) is 8.78 Å². The van der Waals surface area contributed by atoms with Gasteiger partial charge in [-0.05, 0) is 36.3 Å². The second kappa shape index (κ2) is 9.91. The Balaban J connectivity index is 3.01. The lowest BCUT2D eigenvalue weighted by Crippen LogP contribution is -2.48. The molecule has 9 nitrogen and oxygen atoms in total. The fourth-order valence-electron chi connectivity index (χ4n) is 1.82. The Morgan fingerprint density at radius 2 is 1.38 bits per heavy atom. The fourth-order valence-corrected chi connectivity index (χ4v) is 3.24. The third-order valence-corrected chi connectivity index (χ3v) is 14.6. The summed E-state index contributed by atoms with van der Waals surface area (Å²) in [5.41, 5.74) is 0. The number of halogens is 2. The summed E-state index contributed by atoms with van der Waals surface area (Å²) >= 11 is 0. The molecule has 1 aliphatic heterocycles. The lowest BCUT2D eigenvalue weighted by atomic mass is 10.1. The fraction of sp³-hybridized carbons (Fsp3) is 1.00. The zero-order chi connectivity index (χ0) is 25.4. The molecule has 1 fully saturated rings. The van der Waals surface area contributed by atoms with E-state index >= 15 is 8.78 Å². The lowest BCUT2D eigenvalue weighted by molar-refractivity contribution is -0.363. The van der Waals surface area contributed by atoms with Crippen LogP contribution in [-0.4, -0.2) is 62.3 Å². The summed E-state index contributed by atoms with van der Waals surface area (Å²) in [6.07, 6.45) is -5.03. The first-order chi connectivity index (χ1) is 14.0. The topological polar surface area (TPSA) is 98.8 Å². The highest BCUT2D eigenvalue weighted by atomic mass is 32.2. The minimum Gasteiger partial charge on any atom is -0.336 e. The molecule has 0 aliphatic carbocycles. The molecule has 1 unspecified atom stereocenters. The largest absolute Gasteiger partial charge is 0.336 e. The average molecular weight is 525 g/mol. The van der Waals surface area contributed by atoms with Gasteiger partial charge in [-0.25, -0.2) is 9.78 Å². The molecule has 1 aliphatic rings. The van der Waals surface area contributed by atoms with Crippen molar-refractivity contribution < 1.29 is 50.1 Å². The van der Waals surface area contributed by atoms with Crippen LogP contribution in [0.5, 0.6) is 0 Å². The van der Waals surface area contributed by atoms with Gasteiger partial charge >= 0.3 is 5.92 Å². The lowest BCUT2D eigenvalue weighted by Gasteiger charge is -2.36. The normalized spacial score (nSPS) is 25.3. The van der Waals surface area contributed by atoms with Crippen LogP contribution in [0.25, 0.3) is 0 Å². The van der Waals surface area contributed by atoms with Gasteiger partial charge in [0.1, 0.15) is 12.7 Å². The van der Waals surface area contributed by atoms with E-state index in [0.717, 1.165) is 0 Å². The third kappa shape index (κ3) is 7.75. The quantitative estimate of drug-likeness (QED) is 0.232. The molecule has 0 radical (unpaired) electrons. The van der Waals surface area contributed by atoms with E-state index < -0.39 is 57.8 Å². The van der Waals surface area contributed by atoms with Gasteiger partial charge in [-0.3, -0.25) is 9.15 Å². The molecule has 1 heterocycles. The van der Waals surface area contributed by atoms with E-state index in [1.54, 1.807) is 0 Å². The van der Waals surface area contributed by atoms with Crippen LogP contribution in [0.3, 0.4) is 0 Å². The van der Waals surface area contributed by atoms with Gasteiger partial charge in [0, 0.05) is 0 Å². The van der Waals surface area contributed by atoms with E-state index in [1.165, 1.54) is 0 Å². The van der Waals surface area contributed by atoms with Crippen LogP contribution in [0.15, 0.2) is 0 Å². The molecular weight excluding hydrogens is 486 g/mol. The molecule has 14 heteroatoms. The second-order valence-electron chi connectivity index (χ2n) is 11.0. The molecule has 1 rings (SSSR count). The molecular formula is C18H38F2O9SSi2. The Labute approximate surface area is 192 Å². The highest BCUT2D eigenvalue weighted by molar-refractivity contribution is 7.85. The van der Waals surface area contributed by atoms with Crippen LogP contribution in [0.1, 0.15) is 41.5 Å². The molecule has 0 N–H and O–H groups in total. The molecule has 0 saturated carbocycles. The summed E-state index contributed by atoms with van der Waals surface area (Å²) in [5.74, 6) is -3.81. The minimum absolute atomic E-state index is 0.177. The maximum absolute atomic E-state index is 15.0. The van der Waals surface area contributed by atoms with Crippen molar-refractivity contribution in [2.45, 2.75) is 102 Å². The maximum Gasteiger partial charge on any atom is 0.332 e. The van der Waals surface area contributed by atoms with Crippen molar-refractivity contribution in [1.82, 2.24) is 0 Å². The number of hydrogen-bond acceptors (Lipinski definition) is 9. The highest BCUT2D eigenvalue weighted by Crippen LogP contribution is 2.43. The summed E-state index contributed by atoms with van der Waals surface area (Å²) in [6, 6.07) is 0. The second-order valence-corrected chi connectivity index (χ2v) is 22.0. The first-order valence-corrected chi connectivity index (χ1v) is 17.9. The Morgan fingerprint density at radius 3 is 1.81 bits per heavy atom. The summed E-state index contributed by atoms with van der Waals surface area (Å²) in [7, 11) is -9.05. The summed E-state index contributed by atoms with van der Waals surface area (Å²) in [4.78, 5) is 14.9. The molecule has 192 valence electrons. The smallest absolute Gasteiger partial charge is 0.332 e. The van der Waals surface area contributed by atoms with Crippen molar-refractivity contribution in [3.05, 3.63) is 0 Å². The molecule has 32 heavy (non-hydrogen) atoms. The SMILES string of the molecule is CC(C)(C)[Si](C)(C)OOC[C@H]1OC(OOS(C)(=O)=O)C(F)(F)[C@@H]1OO[Si](C)(C)C(C)(C)C. The summed E-state index contributed by atoms with van der Waals surface area (Å²) in [6.45, 7) is 18.8. The van der Waals surface area contributed by atoms with Crippen molar-refractivity contribution in [2.75, 3.05) is 12.9 Å². The Morgan fingerprint density at radius 1 is 0.906 bits per heavy atom. The maximum atomic E-state index is 15.0. The average Bonchev–Trinajstić information content (AvgIpc) is 2.78. The van der Waals surface area contributed by atoms with Gasteiger partial charge < -0.3 is 4.74 Å². The van der Waals surface area contributed by atoms with Crippen molar-refractivity contribution in [3.8, 4) is 0 Å². The Hall–Kier alpha value is -0.0362. The molecule has 0 aromatic heterocycles. The Bertz CT molecular complexity index is 734. The molecule has 0 aromatic rings. The first-order valence-electron chi connectivity index (χ1n) is 10.2. The number of hydrogen-bond donors (Lipinski definition) is 0. The van der Waals surface area contributed by atoms with Crippen molar-refractivity contribution in [2.24, 2.45) is 0 Å². The van der Waals surface area contributed by atoms with Gasteiger partial charge in [-0.15, -0.1) is 4.33 Å². The van der Waals surface area contributed by atoms with Gasteiger partial charge in [0.25, 0.3) is 16.4 Å². The van der Waals surface area contributed by atoms with E-state index in [0.29, 0.717) is 6.26 Å². The van der Waals surface area contributed by atoms with E-state index in [2.05, 4.69) is 9.22 Å². The van der Waals surface area contributed by atoms with E-state index in [9.17, 15) is 8.42 Å². The first kappa shape index (κ1) is 30.0. The third-order valence-electron chi connectivity index (χ3n) is 6.05. The van der Waals surface area contributed by atoms with Gasteiger partial charge in [0.15, 0.2) is 6.10 Å². The van der Waals surface area contributed by atoms with Crippen molar-refractivity contribution in [3.63, 3.8) is 0 Å². The van der Waals surface area contributed by atoms with Crippen LogP contribution < -0.4 is 0 Å². The molecule has 0 bridgehead atoms.